The molecule has 17 heavy (non-hydrogen) atoms. The molecule has 0 atom stereocenters. The van der Waals surface area contributed by atoms with Crippen LogP contribution < -0.4 is 0 Å². The molecular formula is C14H10O3. The van der Waals surface area contributed by atoms with Crippen LogP contribution in [-0.4, -0.2) is 13.1 Å². The Morgan fingerprint density at radius 3 is 2.71 bits per heavy atom. The number of furan rings is 1. The lowest BCUT2D eigenvalue weighted by Crippen LogP contribution is -1.97. The number of hydrogen-bond acceptors (Lipinski definition) is 3. The highest BCUT2D eigenvalue weighted by Gasteiger charge is 2.13. The number of fused-ring (bicyclic) bond motifs is 3. The lowest BCUT2D eigenvalue weighted by Gasteiger charge is -1.97. The predicted molar refractivity (Wildman–Crippen MR) is 65.1 cm³/mol. The van der Waals surface area contributed by atoms with Gasteiger partial charge in [-0.05, 0) is 11.5 Å². The summed E-state index contributed by atoms with van der Waals surface area (Å²) in [5.74, 6) is -0.218. The van der Waals surface area contributed by atoms with Crippen molar-refractivity contribution >= 4 is 27.7 Å². The maximum atomic E-state index is 11.4. The van der Waals surface area contributed by atoms with Crippen LogP contribution in [0.25, 0.3) is 21.7 Å². The van der Waals surface area contributed by atoms with Crippen molar-refractivity contribution in [3.63, 3.8) is 0 Å². The fraction of sp³-hybridized carbons (Fsp3) is 0.0714. The van der Waals surface area contributed by atoms with Gasteiger partial charge in [-0.3, -0.25) is 0 Å². The number of carbonyl (C=O) groups excluding carboxylic acids is 1. The number of rotatable bonds is 1. The van der Waals surface area contributed by atoms with Crippen LogP contribution in [0.4, 0.5) is 0 Å². The molecule has 3 rings (SSSR count). The standard InChI is InChI=1S/C14H10O3/c1-16-14(15)12-8-10-7-6-9-4-2-3-5-11(9)13(10)17-12/h2-8H,1H3. The number of benzene rings is 2. The van der Waals surface area contributed by atoms with Gasteiger partial charge in [0.05, 0.1) is 7.11 Å². The predicted octanol–water partition coefficient (Wildman–Crippen LogP) is 3.37. The highest BCUT2D eigenvalue weighted by molar-refractivity contribution is 6.06. The summed E-state index contributed by atoms with van der Waals surface area (Å²) >= 11 is 0. The van der Waals surface area contributed by atoms with Crippen LogP contribution in [0, 0.1) is 0 Å². The first-order valence-electron chi connectivity index (χ1n) is 5.29. The van der Waals surface area contributed by atoms with Gasteiger partial charge in [0, 0.05) is 10.8 Å². The van der Waals surface area contributed by atoms with E-state index in [0.29, 0.717) is 0 Å². The molecule has 0 saturated heterocycles. The molecule has 0 bridgehead atoms. The Hall–Kier alpha value is -2.29. The second kappa shape index (κ2) is 3.63. The Morgan fingerprint density at radius 1 is 1.12 bits per heavy atom. The fourth-order valence-corrected chi connectivity index (χ4v) is 1.97. The molecule has 0 aliphatic carbocycles. The Morgan fingerprint density at radius 2 is 1.88 bits per heavy atom. The van der Waals surface area contributed by atoms with E-state index < -0.39 is 5.97 Å². The first-order chi connectivity index (χ1) is 8.29. The van der Waals surface area contributed by atoms with Crippen LogP contribution in [-0.2, 0) is 4.74 Å². The van der Waals surface area contributed by atoms with Gasteiger partial charge in [0.1, 0.15) is 5.58 Å². The molecule has 3 heteroatoms. The summed E-state index contributed by atoms with van der Waals surface area (Å²) in [6.45, 7) is 0. The Bertz CT molecular complexity index is 710. The van der Waals surface area contributed by atoms with E-state index in [2.05, 4.69) is 4.74 Å². The summed E-state index contributed by atoms with van der Waals surface area (Å²) in [5.41, 5.74) is 0.725. The Kier molecular flexibility index (Phi) is 2.11. The molecule has 1 heterocycles. The summed E-state index contributed by atoms with van der Waals surface area (Å²) in [6.07, 6.45) is 0. The van der Waals surface area contributed by atoms with Gasteiger partial charge >= 0.3 is 5.97 Å². The third kappa shape index (κ3) is 1.47. The van der Waals surface area contributed by atoms with Crippen LogP contribution in [0.2, 0.25) is 0 Å². The van der Waals surface area contributed by atoms with Gasteiger partial charge in [0.2, 0.25) is 5.76 Å². The SMILES string of the molecule is COC(=O)c1cc2ccc3ccccc3c2o1. The zero-order valence-corrected chi connectivity index (χ0v) is 9.27. The average molecular weight is 226 g/mol. The minimum atomic E-state index is -0.453. The van der Waals surface area contributed by atoms with Crippen molar-refractivity contribution in [1.82, 2.24) is 0 Å². The summed E-state index contributed by atoms with van der Waals surface area (Å²) in [6, 6.07) is 13.5. The quantitative estimate of drug-likeness (QED) is 0.597. The molecule has 0 unspecified atom stereocenters. The van der Waals surface area contributed by atoms with E-state index in [9.17, 15) is 4.79 Å². The van der Waals surface area contributed by atoms with Crippen LogP contribution in [0.3, 0.4) is 0 Å². The minimum absolute atomic E-state index is 0.235. The van der Waals surface area contributed by atoms with Crippen LogP contribution in [0.1, 0.15) is 10.6 Å². The second-order valence-corrected chi connectivity index (χ2v) is 3.81. The lowest BCUT2D eigenvalue weighted by molar-refractivity contribution is 0.0568. The summed E-state index contributed by atoms with van der Waals surface area (Å²) < 4.78 is 10.2. The monoisotopic (exact) mass is 226 g/mol. The lowest BCUT2D eigenvalue weighted by atomic mass is 10.1. The van der Waals surface area contributed by atoms with E-state index in [-0.39, 0.29) is 5.76 Å². The molecule has 0 amide bonds. The van der Waals surface area contributed by atoms with Gasteiger partial charge < -0.3 is 9.15 Å². The molecule has 84 valence electrons. The van der Waals surface area contributed by atoms with Crippen molar-refractivity contribution in [2.45, 2.75) is 0 Å². The topological polar surface area (TPSA) is 39.4 Å². The molecule has 0 aliphatic rings. The van der Waals surface area contributed by atoms with Gasteiger partial charge in [0.25, 0.3) is 0 Å². The van der Waals surface area contributed by atoms with Crippen LogP contribution >= 0.6 is 0 Å². The first kappa shape index (κ1) is 9.90. The van der Waals surface area contributed by atoms with Crippen molar-refractivity contribution in [2.24, 2.45) is 0 Å². The van der Waals surface area contributed by atoms with Crippen LogP contribution in [0.5, 0.6) is 0 Å². The third-order valence-corrected chi connectivity index (χ3v) is 2.80. The van der Waals surface area contributed by atoms with Crippen molar-refractivity contribution < 1.29 is 13.9 Å². The molecule has 0 N–H and O–H groups in total. The van der Waals surface area contributed by atoms with Gasteiger partial charge in [-0.2, -0.15) is 0 Å². The normalized spacial score (nSPS) is 10.9. The molecule has 3 aromatic rings. The molecule has 0 radical (unpaired) electrons. The van der Waals surface area contributed by atoms with E-state index >= 15 is 0 Å². The van der Waals surface area contributed by atoms with Gasteiger partial charge in [-0.15, -0.1) is 0 Å². The summed E-state index contributed by atoms with van der Waals surface area (Å²) in [4.78, 5) is 11.4. The zero-order valence-electron chi connectivity index (χ0n) is 9.27. The number of hydrogen-bond donors (Lipinski definition) is 0. The van der Waals surface area contributed by atoms with E-state index in [4.69, 9.17) is 4.42 Å². The van der Waals surface area contributed by atoms with E-state index in [1.54, 1.807) is 6.07 Å². The zero-order chi connectivity index (χ0) is 11.8. The molecule has 2 aromatic carbocycles. The highest BCUT2D eigenvalue weighted by atomic mass is 16.5. The summed E-state index contributed by atoms with van der Waals surface area (Å²) in [7, 11) is 1.34. The summed E-state index contributed by atoms with van der Waals surface area (Å²) in [5, 5.41) is 3.00. The molecule has 3 nitrogen and oxygen atoms in total. The van der Waals surface area contributed by atoms with E-state index in [1.165, 1.54) is 7.11 Å². The van der Waals surface area contributed by atoms with Gasteiger partial charge in [-0.1, -0.05) is 36.4 Å². The van der Waals surface area contributed by atoms with Crippen molar-refractivity contribution in [2.75, 3.05) is 7.11 Å². The number of esters is 1. The maximum absolute atomic E-state index is 11.4. The molecule has 0 fully saturated rings. The van der Waals surface area contributed by atoms with E-state index in [0.717, 1.165) is 21.7 Å². The Labute approximate surface area is 97.6 Å². The molecule has 0 aliphatic heterocycles. The molecule has 0 saturated carbocycles. The van der Waals surface area contributed by atoms with Crippen molar-refractivity contribution in [1.29, 1.82) is 0 Å². The number of ether oxygens (including phenoxy) is 1. The average Bonchev–Trinajstić information content (AvgIpc) is 2.82. The highest BCUT2D eigenvalue weighted by Crippen LogP contribution is 2.28. The largest absolute Gasteiger partial charge is 0.463 e. The first-order valence-corrected chi connectivity index (χ1v) is 5.29. The number of methoxy groups -OCH3 is 1. The maximum Gasteiger partial charge on any atom is 0.373 e. The molecular weight excluding hydrogens is 216 g/mol. The smallest absolute Gasteiger partial charge is 0.373 e. The Balaban J connectivity index is 2.35. The van der Waals surface area contributed by atoms with Gasteiger partial charge in [0.15, 0.2) is 0 Å². The number of carbonyl (C=O) groups is 1. The van der Waals surface area contributed by atoms with Crippen LogP contribution in [0.15, 0.2) is 46.9 Å². The third-order valence-electron chi connectivity index (χ3n) is 2.80. The van der Waals surface area contributed by atoms with Crippen molar-refractivity contribution in [3.8, 4) is 0 Å². The van der Waals surface area contributed by atoms with E-state index in [1.807, 2.05) is 36.4 Å². The fourth-order valence-electron chi connectivity index (χ4n) is 1.97. The second-order valence-electron chi connectivity index (χ2n) is 3.81. The van der Waals surface area contributed by atoms with Gasteiger partial charge in [-0.25, -0.2) is 4.79 Å². The minimum Gasteiger partial charge on any atom is -0.463 e. The van der Waals surface area contributed by atoms with Crippen molar-refractivity contribution in [3.05, 3.63) is 48.2 Å². The molecule has 0 spiro atoms. The molecule has 1 aromatic heterocycles.